The minimum absolute atomic E-state index is 0.101. The second-order valence-electron chi connectivity index (χ2n) is 5.73. The van der Waals surface area contributed by atoms with Gasteiger partial charge in [0.2, 0.25) is 0 Å². The Morgan fingerprint density at radius 2 is 2.04 bits per heavy atom. The van der Waals surface area contributed by atoms with Crippen molar-refractivity contribution >= 4 is 29.4 Å². The molecule has 26 heavy (non-hydrogen) atoms. The molecule has 0 aliphatic rings. The van der Waals surface area contributed by atoms with Gasteiger partial charge < -0.3 is 14.7 Å². The molecule has 138 valence electrons. The number of amides is 1. The summed E-state index contributed by atoms with van der Waals surface area (Å²) in [4.78, 5) is 13.7. The van der Waals surface area contributed by atoms with Gasteiger partial charge in [-0.15, -0.1) is 0 Å². The third kappa shape index (κ3) is 6.06. The topological polar surface area (TPSA) is 74.2 Å². The van der Waals surface area contributed by atoms with E-state index in [-0.39, 0.29) is 19.1 Å². The molecule has 2 N–H and O–H groups in total. The van der Waals surface area contributed by atoms with Gasteiger partial charge >= 0.3 is 0 Å². The van der Waals surface area contributed by atoms with Gasteiger partial charge in [-0.3, -0.25) is 4.79 Å². The zero-order valence-electron chi connectivity index (χ0n) is 14.8. The van der Waals surface area contributed by atoms with E-state index >= 15 is 0 Å². The summed E-state index contributed by atoms with van der Waals surface area (Å²) in [5.74, 6) is 0.224. The van der Waals surface area contributed by atoms with Crippen molar-refractivity contribution < 1.29 is 14.6 Å². The third-order valence-corrected chi connectivity index (χ3v) is 4.10. The molecule has 0 unspecified atom stereocenters. The number of rotatable bonds is 8. The molecule has 0 aliphatic carbocycles. The smallest absolute Gasteiger partial charge is 0.277 e. The highest BCUT2D eigenvalue weighted by molar-refractivity contribution is 6.31. The van der Waals surface area contributed by atoms with Gasteiger partial charge in [0.15, 0.2) is 6.61 Å². The van der Waals surface area contributed by atoms with Crippen LogP contribution in [0.15, 0.2) is 47.6 Å². The molecule has 2 aromatic rings. The van der Waals surface area contributed by atoms with Crippen molar-refractivity contribution in [2.24, 2.45) is 5.10 Å². The number of nitrogens with one attached hydrogen (secondary N) is 1. The highest BCUT2D eigenvalue weighted by atomic mass is 35.5. The van der Waals surface area contributed by atoms with Gasteiger partial charge in [0.1, 0.15) is 5.75 Å². The second kappa shape index (κ2) is 9.79. The van der Waals surface area contributed by atoms with E-state index in [9.17, 15) is 4.79 Å². The molecule has 2 aromatic carbocycles. The average Bonchev–Trinajstić information content (AvgIpc) is 2.63. The van der Waals surface area contributed by atoms with Crippen molar-refractivity contribution in [2.45, 2.75) is 6.92 Å². The SMILES string of the molecule is Cc1cc(OCC(=O)N/N=C\c2ccc(N(C)CCO)cc2)ccc1Cl. The number of hydrogen-bond donors (Lipinski definition) is 2. The fourth-order valence-corrected chi connectivity index (χ4v) is 2.28. The number of anilines is 1. The van der Waals surface area contributed by atoms with Crippen LogP contribution in [0.25, 0.3) is 0 Å². The zero-order valence-corrected chi connectivity index (χ0v) is 15.5. The van der Waals surface area contributed by atoms with Crippen LogP contribution in [0.4, 0.5) is 5.69 Å². The molecule has 0 aliphatic heterocycles. The molecule has 0 atom stereocenters. The van der Waals surface area contributed by atoms with Crippen LogP contribution < -0.4 is 15.1 Å². The second-order valence-corrected chi connectivity index (χ2v) is 6.14. The predicted molar refractivity (Wildman–Crippen MR) is 104 cm³/mol. The highest BCUT2D eigenvalue weighted by Crippen LogP contribution is 2.20. The quantitative estimate of drug-likeness (QED) is 0.549. The number of aryl methyl sites for hydroxylation is 1. The van der Waals surface area contributed by atoms with Crippen molar-refractivity contribution in [1.29, 1.82) is 0 Å². The first-order chi connectivity index (χ1) is 12.5. The Kier molecular flexibility index (Phi) is 7.44. The van der Waals surface area contributed by atoms with Crippen LogP contribution in [0.1, 0.15) is 11.1 Å². The Morgan fingerprint density at radius 1 is 1.31 bits per heavy atom. The Balaban J connectivity index is 1.80. The first kappa shape index (κ1) is 19.8. The molecular weight excluding hydrogens is 354 g/mol. The minimum atomic E-state index is -0.354. The fraction of sp³-hybridized carbons (Fsp3) is 0.263. The zero-order chi connectivity index (χ0) is 18.9. The number of hydrogen-bond acceptors (Lipinski definition) is 5. The van der Waals surface area contributed by atoms with E-state index in [1.807, 2.05) is 43.1 Å². The molecule has 2 rings (SSSR count). The monoisotopic (exact) mass is 375 g/mol. The lowest BCUT2D eigenvalue weighted by atomic mass is 10.2. The van der Waals surface area contributed by atoms with Crippen molar-refractivity contribution in [1.82, 2.24) is 5.43 Å². The van der Waals surface area contributed by atoms with Gasteiger partial charge in [0.05, 0.1) is 12.8 Å². The molecule has 1 amide bonds. The molecule has 0 spiro atoms. The van der Waals surface area contributed by atoms with Gasteiger partial charge in [0.25, 0.3) is 5.91 Å². The van der Waals surface area contributed by atoms with E-state index in [1.165, 1.54) is 0 Å². The lowest BCUT2D eigenvalue weighted by molar-refractivity contribution is -0.123. The van der Waals surface area contributed by atoms with Crippen LogP contribution in [-0.2, 0) is 4.79 Å². The molecule has 0 heterocycles. The normalized spacial score (nSPS) is 10.8. The number of carbonyl (C=O) groups is 1. The van der Waals surface area contributed by atoms with Crippen molar-refractivity contribution in [2.75, 3.05) is 31.7 Å². The molecule has 0 fully saturated rings. The van der Waals surface area contributed by atoms with Crippen LogP contribution in [0.5, 0.6) is 5.75 Å². The van der Waals surface area contributed by atoms with E-state index in [2.05, 4.69) is 10.5 Å². The maximum absolute atomic E-state index is 11.8. The summed E-state index contributed by atoms with van der Waals surface area (Å²) in [6.45, 7) is 2.40. The number of aliphatic hydroxyl groups excluding tert-OH is 1. The van der Waals surface area contributed by atoms with Gasteiger partial charge in [-0.2, -0.15) is 5.10 Å². The number of benzene rings is 2. The first-order valence-electron chi connectivity index (χ1n) is 8.12. The maximum Gasteiger partial charge on any atom is 0.277 e. The molecule has 0 saturated carbocycles. The first-order valence-corrected chi connectivity index (χ1v) is 8.50. The third-order valence-electron chi connectivity index (χ3n) is 3.67. The van der Waals surface area contributed by atoms with Crippen LogP contribution >= 0.6 is 11.6 Å². The largest absolute Gasteiger partial charge is 0.484 e. The van der Waals surface area contributed by atoms with Crippen LogP contribution in [0.2, 0.25) is 5.02 Å². The van der Waals surface area contributed by atoms with Crippen LogP contribution in [0.3, 0.4) is 0 Å². The van der Waals surface area contributed by atoms with E-state index in [4.69, 9.17) is 21.4 Å². The number of hydrazone groups is 1. The van der Waals surface area contributed by atoms with Gasteiger partial charge in [-0.05, 0) is 48.4 Å². The number of ether oxygens (including phenoxy) is 1. The lowest BCUT2D eigenvalue weighted by Crippen LogP contribution is -2.24. The summed E-state index contributed by atoms with van der Waals surface area (Å²) in [5.41, 5.74) is 5.15. The van der Waals surface area contributed by atoms with Gasteiger partial charge in [0, 0.05) is 24.3 Å². The standard InChI is InChI=1S/C19H22ClN3O3/c1-14-11-17(7-8-18(14)20)26-13-19(25)22-21-12-15-3-5-16(6-4-15)23(2)9-10-24/h3-8,11-12,24H,9-10,13H2,1-2H3,(H,22,25)/b21-12-. The van der Waals surface area contributed by atoms with E-state index in [1.54, 1.807) is 24.4 Å². The predicted octanol–water partition coefficient (Wildman–Crippen LogP) is 2.61. The Hall–Kier alpha value is -2.57. The van der Waals surface area contributed by atoms with E-state index < -0.39 is 0 Å². The highest BCUT2D eigenvalue weighted by Gasteiger charge is 2.03. The molecule has 0 bridgehead atoms. The summed E-state index contributed by atoms with van der Waals surface area (Å²) >= 11 is 5.95. The number of carbonyl (C=O) groups excluding carboxylic acids is 1. The minimum Gasteiger partial charge on any atom is -0.484 e. The van der Waals surface area contributed by atoms with Crippen LogP contribution in [0, 0.1) is 6.92 Å². The van der Waals surface area contributed by atoms with E-state index in [0.717, 1.165) is 16.8 Å². The summed E-state index contributed by atoms with van der Waals surface area (Å²) in [6.07, 6.45) is 1.56. The lowest BCUT2D eigenvalue weighted by Gasteiger charge is -2.17. The molecule has 6 nitrogen and oxygen atoms in total. The summed E-state index contributed by atoms with van der Waals surface area (Å²) in [6, 6.07) is 12.8. The summed E-state index contributed by atoms with van der Waals surface area (Å²) in [7, 11) is 1.90. The fourth-order valence-electron chi connectivity index (χ4n) is 2.16. The summed E-state index contributed by atoms with van der Waals surface area (Å²) in [5, 5.41) is 13.5. The van der Waals surface area contributed by atoms with E-state index in [0.29, 0.717) is 17.3 Å². The summed E-state index contributed by atoms with van der Waals surface area (Å²) < 4.78 is 5.40. The Labute approximate surface area is 158 Å². The number of aliphatic hydroxyl groups is 1. The van der Waals surface area contributed by atoms with Crippen molar-refractivity contribution in [3.05, 3.63) is 58.6 Å². The molecule has 0 saturated heterocycles. The number of nitrogens with zero attached hydrogens (tertiary/aromatic N) is 2. The number of likely N-dealkylation sites (N-methyl/N-ethyl adjacent to an activating group) is 1. The molecule has 0 aromatic heterocycles. The average molecular weight is 376 g/mol. The van der Waals surface area contributed by atoms with Crippen molar-refractivity contribution in [3.63, 3.8) is 0 Å². The maximum atomic E-state index is 11.8. The Morgan fingerprint density at radius 3 is 2.69 bits per heavy atom. The molecule has 7 heteroatoms. The van der Waals surface area contributed by atoms with Gasteiger partial charge in [-0.25, -0.2) is 5.43 Å². The van der Waals surface area contributed by atoms with Gasteiger partial charge in [-0.1, -0.05) is 23.7 Å². The molecular formula is C19H22ClN3O3. The molecule has 0 radical (unpaired) electrons. The van der Waals surface area contributed by atoms with Crippen molar-refractivity contribution in [3.8, 4) is 5.75 Å². The Bertz CT molecular complexity index is 763. The number of halogens is 1. The van der Waals surface area contributed by atoms with Crippen LogP contribution in [-0.4, -0.2) is 44.0 Å².